The molecule has 4 nitrogen and oxygen atoms in total. The van der Waals surface area contributed by atoms with Crippen LogP contribution in [0.1, 0.15) is 10.4 Å². The summed E-state index contributed by atoms with van der Waals surface area (Å²) >= 11 is 11.5. The van der Waals surface area contributed by atoms with Gasteiger partial charge in [0.05, 0.1) is 10.0 Å². The molecule has 0 aliphatic carbocycles. The highest BCUT2D eigenvalue weighted by Crippen LogP contribution is 2.31. The number of aliphatic carboxylic acids is 1. The van der Waals surface area contributed by atoms with E-state index in [-0.39, 0.29) is 10.8 Å². The van der Waals surface area contributed by atoms with Crippen molar-refractivity contribution in [2.45, 2.75) is 12.1 Å². The molecule has 0 aromatic heterocycles. The maximum atomic E-state index is 12.0. The van der Waals surface area contributed by atoms with Crippen LogP contribution in [0.4, 0.5) is 0 Å². The van der Waals surface area contributed by atoms with Crippen LogP contribution in [0.2, 0.25) is 10.0 Å². The topological polar surface area (TPSA) is 57.4 Å². The zero-order valence-electron chi connectivity index (χ0n) is 8.85. The van der Waals surface area contributed by atoms with Crippen LogP contribution in [0, 0.1) is 0 Å². The first-order valence-electron chi connectivity index (χ1n) is 4.87. The molecule has 0 radical (unpaired) electrons. The number of rotatable bonds is 3. The SMILES string of the molecule is CN1C(C(=O)O)C1C(=O)c1ccc(Cl)c(Cl)c1. The molecule has 90 valence electrons. The minimum atomic E-state index is -0.995. The van der Waals surface area contributed by atoms with Gasteiger partial charge in [0.1, 0.15) is 12.1 Å². The molecule has 17 heavy (non-hydrogen) atoms. The van der Waals surface area contributed by atoms with Crippen LogP contribution >= 0.6 is 23.2 Å². The fourth-order valence-electron chi connectivity index (χ4n) is 1.80. The Labute approximate surface area is 108 Å². The molecule has 1 aromatic rings. The van der Waals surface area contributed by atoms with E-state index in [4.69, 9.17) is 28.3 Å². The van der Waals surface area contributed by atoms with E-state index in [1.54, 1.807) is 13.1 Å². The maximum absolute atomic E-state index is 12.0. The van der Waals surface area contributed by atoms with E-state index in [2.05, 4.69) is 0 Å². The Morgan fingerprint density at radius 2 is 1.88 bits per heavy atom. The van der Waals surface area contributed by atoms with Gasteiger partial charge >= 0.3 is 5.97 Å². The molecule has 3 atom stereocenters. The van der Waals surface area contributed by atoms with Crippen molar-refractivity contribution < 1.29 is 14.7 Å². The third-order valence-electron chi connectivity index (χ3n) is 2.81. The number of ketones is 1. The molecular weight excluding hydrogens is 265 g/mol. The van der Waals surface area contributed by atoms with E-state index in [0.29, 0.717) is 10.6 Å². The van der Waals surface area contributed by atoms with Gasteiger partial charge in [-0.2, -0.15) is 0 Å². The normalized spacial score (nSPS) is 26.6. The third kappa shape index (κ3) is 2.16. The largest absolute Gasteiger partial charge is 0.480 e. The van der Waals surface area contributed by atoms with Crippen molar-refractivity contribution >= 4 is 35.0 Å². The van der Waals surface area contributed by atoms with Gasteiger partial charge in [-0.15, -0.1) is 0 Å². The molecule has 0 spiro atoms. The van der Waals surface area contributed by atoms with Crippen LogP contribution in [0.15, 0.2) is 18.2 Å². The van der Waals surface area contributed by atoms with Gasteiger partial charge < -0.3 is 5.11 Å². The first kappa shape index (κ1) is 12.4. The third-order valence-corrected chi connectivity index (χ3v) is 3.55. The molecule has 2 rings (SSSR count). The van der Waals surface area contributed by atoms with E-state index in [9.17, 15) is 9.59 Å². The van der Waals surface area contributed by atoms with Crippen LogP contribution in [0.3, 0.4) is 0 Å². The predicted octanol–water partition coefficient (Wildman–Crippen LogP) is 1.94. The Bertz CT molecular complexity index is 503. The van der Waals surface area contributed by atoms with Gasteiger partial charge in [0, 0.05) is 5.56 Å². The molecular formula is C11H9Cl2NO3. The quantitative estimate of drug-likeness (QED) is 0.676. The van der Waals surface area contributed by atoms with Crippen molar-refractivity contribution in [2.24, 2.45) is 0 Å². The first-order valence-corrected chi connectivity index (χ1v) is 5.63. The van der Waals surface area contributed by atoms with E-state index >= 15 is 0 Å². The Morgan fingerprint density at radius 1 is 1.24 bits per heavy atom. The second kappa shape index (κ2) is 4.29. The van der Waals surface area contributed by atoms with Gasteiger partial charge in [0.25, 0.3) is 0 Å². The van der Waals surface area contributed by atoms with Crippen LogP contribution < -0.4 is 0 Å². The van der Waals surface area contributed by atoms with E-state index in [1.807, 2.05) is 0 Å². The van der Waals surface area contributed by atoms with Gasteiger partial charge in [0.2, 0.25) is 0 Å². The Hall–Kier alpha value is -1.10. The summed E-state index contributed by atoms with van der Waals surface area (Å²) in [6, 6.07) is 3.18. The number of nitrogens with zero attached hydrogens (tertiary/aromatic N) is 1. The minimum absolute atomic E-state index is 0.251. The molecule has 0 amide bonds. The molecule has 1 saturated heterocycles. The number of likely N-dealkylation sites (N-methyl/N-ethyl adjacent to an activating group) is 1. The maximum Gasteiger partial charge on any atom is 0.323 e. The molecule has 3 unspecified atom stereocenters. The number of benzene rings is 1. The standard InChI is InChI=1S/C11H9Cl2NO3/c1-14-8(9(14)11(16)17)10(15)5-2-3-6(12)7(13)4-5/h2-4,8-9H,1H3,(H,16,17). The Morgan fingerprint density at radius 3 is 2.35 bits per heavy atom. The summed E-state index contributed by atoms with van der Waals surface area (Å²) in [7, 11) is 1.60. The van der Waals surface area contributed by atoms with Crippen molar-refractivity contribution in [2.75, 3.05) is 7.05 Å². The smallest absolute Gasteiger partial charge is 0.323 e. The second-order valence-electron chi connectivity index (χ2n) is 3.89. The van der Waals surface area contributed by atoms with Gasteiger partial charge in [0.15, 0.2) is 5.78 Å². The average Bonchev–Trinajstić information content (AvgIpc) is 2.93. The highest BCUT2D eigenvalue weighted by atomic mass is 35.5. The summed E-state index contributed by atoms with van der Waals surface area (Å²) in [5.41, 5.74) is 0.375. The van der Waals surface area contributed by atoms with Crippen molar-refractivity contribution in [1.82, 2.24) is 4.90 Å². The molecule has 1 aliphatic rings. The van der Waals surface area contributed by atoms with E-state index < -0.39 is 18.1 Å². The number of carbonyl (C=O) groups excluding carboxylic acids is 1. The number of carboxylic acid groups (broad SMARTS) is 1. The van der Waals surface area contributed by atoms with Gasteiger partial charge in [-0.25, -0.2) is 0 Å². The summed E-state index contributed by atoms with van der Waals surface area (Å²) in [5.74, 6) is -1.25. The van der Waals surface area contributed by atoms with Crippen LogP contribution in [-0.2, 0) is 4.79 Å². The number of hydrogen-bond donors (Lipinski definition) is 1. The van der Waals surface area contributed by atoms with E-state index in [1.165, 1.54) is 17.0 Å². The summed E-state index contributed by atoms with van der Waals surface area (Å²) in [6.45, 7) is 0. The number of carboxylic acids is 1. The molecule has 1 fully saturated rings. The van der Waals surface area contributed by atoms with Gasteiger partial charge in [-0.05, 0) is 25.2 Å². The minimum Gasteiger partial charge on any atom is -0.480 e. The van der Waals surface area contributed by atoms with Crippen molar-refractivity contribution in [3.63, 3.8) is 0 Å². The molecule has 1 aromatic carbocycles. The van der Waals surface area contributed by atoms with E-state index in [0.717, 1.165) is 0 Å². The van der Waals surface area contributed by atoms with Crippen molar-refractivity contribution in [3.05, 3.63) is 33.8 Å². The fourth-order valence-corrected chi connectivity index (χ4v) is 2.09. The van der Waals surface area contributed by atoms with Crippen molar-refractivity contribution in [1.29, 1.82) is 0 Å². The molecule has 1 aliphatic heterocycles. The van der Waals surface area contributed by atoms with Crippen molar-refractivity contribution in [3.8, 4) is 0 Å². The number of halogens is 2. The summed E-state index contributed by atoms with van der Waals surface area (Å²) in [5, 5.41) is 9.50. The number of carbonyl (C=O) groups is 2. The van der Waals surface area contributed by atoms with Gasteiger partial charge in [-0.3, -0.25) is 14.5 Å². The lowest BCUT2D eigenvalue weighted by Gasteiger charge is -2.01. The molecule has 0 bridgehead atoms. The summed E-state index contributed by atoms with van der Waals surface area (Å²) < 4.78 is 0. The number of hydrogen-bond acceptors (Lipinski definition) is 3. The monoisotopic (exact) mass is 273 g/mol. The second-order valence-corrected chi connectivity index (χ2v) is 4.70. The first-order chi connectivity index (χ1) is 7.93. The zero-order chi connectivity index (χ0) is 12.7. The lowest BCUT2D eigenvalue weighted by atomic mass is 10.1. The summed E-state index contributed by atoms with van der Waals surface area (Å²) in [4.78, 5) is 24.3. The van der Waals surface area contributed by atoms with Crippen LogP contribution in [0.25, 0.3) is 0 Å². The fraction of sp³-hybridized carbons (Fsp3) is 0.273. The predicted molar refractivity (Wildman–Crippen MR) is 63.8 cm³/mol. The van der Waals surface area contributed by atoms with Crippen LogP contribution in [-0.4, -0.2) is 40.9 Å². The molecule has 0 saturated carbocycles. The lowest BCUT2D eigenvalue weighted by molar-refractivity contribution is -0.137. The average molecular weight is 274 g/mol. The highest BCUT2D eigenvalue weighted by molar-refractivity contribution is 6.42. The lowest BCUT2D eigenvalue weighted by Crippen LogP contribution is -2.15. The molecule has 6 heteroatoms. The summed E-state index contributed by atoms with van der Waals surface area (Å²) in [6.07, 6.45) is 0. The van der Waals surface area contributed by atoms with Gasteiger partial charge in [-0.1, -0.05) is 23.2 Å². The van der Waals surface area contributed by atoms with Crippen LogP contribution in [0.5, 0.6) is 0 Å². The zero-order valence-corrected chi connectivity index (χ0v) is 10.4. The Kier molecular flexibility index (Phi) is 3.12. The molecule has 1 heterocycles. The molecule has 1 N–H and O–H groups in total. The Balaban J connectivity index is 2.22. The number of Topliss-reactive ketones (excluding diaryl/α,β-unsaturated/α-hetero) is 1. The highest BCUT2D eigenvalue weighted by Gasteiger charge is 2.54.